The molecule has 0 N–H and O–H groups in total. The van der Waals surface area contributed by atoms with Gasteiger partial charge in [0.25, 0.3) is 0 Å². The molecular weight excluding hydrogens is 184 g/mol. The van der Waals surface area contributed by atoms with Crippen molar-refractivity contribution in [3.63, 3.8) is 0 Å². The SMILES string of the molecule is CC1CCCN(C2CCCC2C#N)C1C. The summed E-state index contributed by atoms with van der Waals surface area (Å²) in [6.07, 6.45) is 6.30. The van der Waals surface area contributed by atoms with Crippen molar-refractivity contribution >= 4 is 0 Å². The average molecular weight is 206 g/mol. The number of piperidine rings is 1. The molecule has 2 aliphatic rings. The number of nitrogens with zero attached hydrogens (tertiary/aromatic N) is 2. The Morgan fingerprint density at radius 3 is 2.67 bits per heavy atom. The van der Waals surface area contributed by atoms with E-state index in [1.54, 1.807) is 0 Å². The van der Waals surface area contributed by atoms with E-state index in [-0.39, 0.29) is 0 Å². The fourth-order valence-corrected chi connectivity index (χ4v) is 3.32. The Kier molecular flexibility index (Phi) is 3.31. The zero-order valence-corrected chi connectivity index (χ0v) is 9.95. The minimum atomic E-state index is 0.303. The molecule has 0 aromatic rings. The molecule has 84 valence electrons. The molecule has 1 saturated carbocycles. The van der Waals surface area contributed by atoms with Crippen LogP contribution in [0.15, 0.2) is 0 Å². The zero-order chi connectivity index (χ0) is 10.8. The lowest BCUT2D eigenvalue weighted by atomic mass is 9.89. The summed E-state index contributed by atoms with van der Waals surface area (Å²) in [7, 11) is 0. The minimum Gasteiger partial charge on any atom is -0.296 e. The highest BCUT2D eigenvalue weighted by Gasteiger charge is 2.37. The van der Waals surface area contributed by atoms with E-state index in [0.29, 0.717) is 18.0 Å². The predicted octanol–water partition coefficient (Wildman–Crippen LogP) is 2.80. The van der Waals surface area contributed by atoms with Crippen LogP contribution in [0.25, 0.3) is 0 Å². The first kappa shape index (κ1) is 11.0. The van der Waals surface area contributed by atoms with Crippen molar-refractivity contribution in [3.8, 4) is 6.07 Å². The average Bonchev–Trinajstić information content (AvgIpc) is 2.70. The van der Waals surface area contributed by atoms with Crippen LogP contribution in [0.2, 0.25) is 0 Å². The molecule has 1 aliphatic heterocycles. The van der Waals surface area contributed by atoms with Gasteiger partial charge in [0, 0.05) is 12.1 Å². The van der Waals surface area contributed by atoms with Crippen LogP contribution in [-0.2, 0) is 0 Å². The third kappa shape index (κ3) is 2.03. The predicted molar refractivity (Wildman–Crippen MR) is 61.3 cm³/mol. The van der Waals surface area contributed by atoms with Gasteiger partial charge in [0.15, 0.2) is 0 Å². The van der Waals surface area contributed by atoms with Crippen molar-refractivity contribution in [2.24, 2.45) is 11.8 Å². The van der Waals surface area contributed by atoms with Crippen LogP contribution in [0.3, 0.4) is 0 Å². The first-order chi connectivity index (χ1) is 7.24. The molecule has 0 amide bonds. The smallest absolute Gasteiger partial charge is 0.0672 e. The maximum atomic E-state index is 9.14. The van der Waals surface area contributed by atoms with E-state index in [4.69, 9.17) is 5.26 Å². The monoisotopic (exact) mass is 206 g/mol. The van der Waals surface area contributed by atoms with Crippen LogP contribution in [-0.4, -0.2) is 23.5 Å². The van der Waals surface area contributed by atoms with E-state index in [2.05, 4.69) is 24.8 Å². The third-order valence-electron chi connectivity index (χ3n) is 4.49. The van der Waals surface area contributed by atoms with E-state index in [1.165, 1.54) is 32.2 Å². The van der Waals surface area contributed by atoms with Crippen molar-refractivity contribution in [3.05, 3.63) is 0 Å². The number of likely N-dealkylation sites (tertiary alicyclic amines) is 1. The van der Waals surface area contributed by atoms with Gasteiger partial charge in [0.2, 0.25) is 0 Å². The topological polar surface area (TPSA) is 27.0 Å². The number of rotatable bonds is 1. The van der Waals surface area contributed by atoms with Gasteiger partial charge in [-0.3, -0.25) is 4.90 Å². The van der Waals surface area contributed by atoms with Gasteiger partial charge in [-0.25, -0.2) is 0 Å². The Hall–Kier alpha value is -0.550. The van der Waals surface area contributed by atoms with Crippen molar-refractivity contribution < 1.29 is 0 Å². The van der Waals surface area contributed by atoms with Crippen molar-refractivity contribution in [1.82, 2.24) is 4.90 Å². The molecule has 2 rings (SSSR count). The maximum absolute atomic E-state index is 9.14. The second-order valence-electron chi connectivity index (χ2n) is 5.33. The van der Waals surface area contributed by atoms with Crippen LogP contribution in [0.5, 0.6) is 0 Å². The van der Waals surface area contributed by atoms with Gasteiger partial charge in [-0.05, 0) is 45.1 Å². The lowest BCUT2D eigenvalue weighted by molar-refractivity contribution is 0.0597. The van der Waals surface area contributed by atoms with Crippen LogP contribution in [0.4, 0.5) is 0 Å². The summed E-state index contributed by atoms with van der Waals surface area (Å²) in [5.74, 6) is 1.11. The summed E-state index contributed by atoms with van der Waals surface area (Å²) >= 11 is 0. The Balaban J connectivity index is 2.05. The quantitative estimate of drug-likeness (QED) is 0.659. The molecule has 0 radical (unpaired) electrons. The summed E-state index contributed by atoms with van der Waals surface area (Å²) in [4.78, 5) is 2.62. The zero-order valence-electron chi connectivity index (χ0n) is 9.95. The van der Waals surface area contributed by atoms with Gasteiger partial charge in [-0.2, -0.15) is 5.26 Å². The van der Waals surface area contributed by atoms with Gasteiger partial charge in [0.1, 0.15) is 0 Å². The molecular formula is C13H22N2. The molecule has 4 atom stereocenters. The molecule has 1 aliphatic carbocycles. The third-order valence-corrected chi connectivity index (χ3v) is 4.49. The van der Waals surface area contributed by atoms with E-state index < -0.39 is 0 Å². The summed E-state index contributed by atoms with van der Waals surface area (Å²) in [6.45, 7) is 5.91. The maximum Gasteiger partial charge on any atom is 0.0672 e. The largest absolute Gasteiger partial charge is 0.296 e. The van der Waals surface area contributed by atoms with Gasteiger partial charge in [-0.1, -0.05) is 13.3 Å². The lowest BCUT2D eigenvalue weighted by Crippen LogP contribution is -2.49. The Morgan fingerprint density at radius 1 is 1.13 bits per heavy atom. The first-order valence-electron chi connectivity index (χ1n) is 6.39. The highest BCUT2D eigenvalue weighted by Crippen LogP contribution is 2.34. The summed E-state index contributed by atoms with van der Waals surface area (Å²) in [6, 6.07) is 3.75. The van der Waals surface area contributed by atoms with Crippen molar-refractivity contribution in [2.45, 2.75) is 58.0 Å². The van der Waals surface area contributed by atoms with Gasteiger partial charge in [0.05, 0.1) is 12.0 Å². The molecule has 2 heteroatoms. The highest BCUT2D eigenvalue weighted by atomic mass is 15.2. The van der Waals surface area contributed by atoms with E-state index in [1.807, 2.05) is 0 Å². The van der Waals surface area contributed by atoms with Crippen molar-refractivity contribution in [1.29, 1.82) is 5.26 Å². The highest BCUT2D eigenvalue weighted by molar-refractivity contribution is 4.99. The van der Waals surface area contributed by atoms with E-state index in [0.717, 1.165) is 12.3 Å². The second-order valence-corrected chi connectivity index (χ2v) is 5.33. The molecule has 0 spiro atoms. The molecule has 2 fully saturated rings. The summed E-state index contributed by atoms with van der Waals surface area (Å²) in [5.41, 5.74) is 0. The molecule has 4 unspecified atom stereocenters. The van der Waals surface area contributed by atoms with E-state index in [9.17, 15) is 0 Å². The Labute approximate surface area is 93.3 Å². The van der Waals surface area contributed by atoms with Gasteiger partial charge in [-0.15, -0.1) is 0 Å². The molecule has 15 heavy (non-hydrogen) atoms. The summed E-state index contributed by atoms with van der Waals surface area (Å²) < 4.78 is 0. The number of nitriles is 1. The fourth-order valence-electron chi connectivity index (χ4n) is 3.32. The molecule has 0 bridgehead atoms. The Morgan fingerprint density at radius 2 is 1.93 bits per heavy atom. The van der Waals surface area contributed by atoms with Gasteiger partial charge < -0.3 is 0 Å². The minimum absolute atomic E-state index is 0.303. The number of hydrogen-bond acceptors (Lipinski definition) is 2. The number of hydrogen-bond donors (Lipinski definition) is 0. The van der Waals surface area contributed by atoms with Crippen LogP contribution < -0.4 is 0 Å². The molecule has 0 aromatic carbocycles. The molecule has 1 saturated heterocycles. The van der Waals surface area contributed by atoms with Crippen LogP contribution in [0, 0.1) is 23.2 Å². The lowest BCUT2D eigenvalue weighted by Gasteiger charge is -2.42. The van der Waals surface area contributed by atoms with Gasteiger partial charge >= 0.3 is 0 Å². The first-order valence-corrected chi connectivity index (χ1v) is 6.39. The Bertz CT molecular complexity index is 256. The molecule has 2 nitrogen and oxygen atoms in total. The summed E-state index contributed by atoms with van der Waals surface area (Å²) in [5, 5.41) is 9.14. The second kappa shape index (κ2) is 4.53. The molecule has 1 heterocycles. The van der Waals surface area contributed by atoms with Crippen LogP contribution in [0.1, 0.15) is 46.0 Å². The van der Waals surface area contributed by atoms with E-state index >= 15 is 0 Å². The standard InChI is InChI=1S/C13H22N2/c1-10-5-4-8-15(11(10)2)13-7-3-6-12(13)9-14/h10-13H,3-8H2,1-2H3. The van der Waals surface area contributed by atoms with Crippen molar-refractivity contribution in [2.75, 3.05) is 6.54 Å². The molecule has 0 aromatic heterocycles. The fraction of sp³-hybridized carbons (Fsp3) is 0.923. The van der Waals surface area contributed by atoms with Crippen LogP contribution >= 0.6 is 0 Å². The normalized spacial score (nSPS) is 42.7.